The van der Waals surface area contributed by atoms with E-state index in [4.69, 9.17) is 16.2 Å². The van der Waals surface area contributed by atoms with E-state index in [0.29, 0.717) is 24.8 Å². The van der Waals surface area contributed by atoms with E-state index in [2.05, 4.69) is 6.92 Å². The molecule has 0 amide bonds. The van der Waals surface area contributed by atoms with Gasteiger partial charge in [0, 0.05) is 0 Å². The van der Waals surface area contributed by atoms with Crippen molar-refractivity contribution in [3.8, 4) is 5.75 Å². The zero-order valence-electron chi connectivity index (χ0n) is 10.4. The van der Waals surface area contributed by atoms with Crippen LogP contribution in [0, 0.1) is 17.7 Å². The maximum atomic E-state index is 13.2. The Balaban J connectivity index is 2.82. The Hall–Kier alpha value is -1.13. The van der Waals surface area contributed by atoms with Gasteiger partial charge in [-0.1, -0.05) is 6.92 Å². The van der Waals surface area contributed by atoms with Crippen molar-refractivity contribution in [3.63, 3.8) is 0 Å². The van der Waals surface area contributed by atoms with Crippen molar-refractivity contribution in [2.24, 2.45) is 23.3 Å². The van der Waals surface area contributed by atoms with Gasteiger partial charge in [0.2, 0.25) is 0 Å². The predicted octanol–water partition coefficient (Wildman–Crippen LogP) is 1.55. The zero-order chi connectivity index (χ0) is 12.8. The minimum Gasteiger partial charge on any atom is -0.496 e. The van der Waals surface area contributed by atoms with Crippen LogP contribution in [0.5, 0.6) is 5.75 Å². The summed E-state index contributed by atoms with van der Waals surface area (Å²) in [5, 5.41) is 0. The molecule has 0 saturated carbocycles. The molecule has 3 nitrogen and oxygen atoms in total. The zero-order valence-corrected chi connectivity index (χ0v) is 10.4. The Morgan fingerprint density at radius 2 is 1.94 bits per heavy atom. The van der Waals surface area contributed by atoms with E-state index in [-0.39, 0.29) is 11.7 Å². The summed E-state index contributed by atoms with van der Waals surface area (Å²) in [5.74, 6) is 1.03. The third-order valence-corrected chi connectivity index (χ3v) is 3.19. The molecular formula is C13H21FN2O. The van der Waals surface area contributed by atoms with Crippen LogP contribution in [0.1, 0.15) is 12.5 Å². The molecule has 0 aromatic heterocycles. The van der Waals surface area contributed by atoms with Crippen molar-refractivity contribution in [1.29, 1.82) is 0 Å². The normalized spacial score (nSPS) is 12.8. The van der Waals surface area contributed by atoms with Crippen molar-refractivity contribution in [2.75, 3.05) is 20.2 Å². The molecule has 1 unspecified atom stereocenters. The molecule has 0 aliphatic heterocycles. The summed E-state index contributed by atoms with van der Waals surface area (Å²) in [6.45, 7) is 3.18. The topological polar surface area (TPSA) is 61.3 Å². The van der Waals surface area contributed by atoms with Crippen molar-refractivity contribution in [2.45, 2.75) is 13.3 Å². The molecule has 0 saturated heterocycles. The van der Waals surface area contributed by atoms with Gasteiger partial charge < -0.3 is 16.2 Å². The van der Waals surface area contributed by atoms with Gasteiger partial charge in [0.05, 0.1) is 7.11 Å². The number of halogens is 1. The van der Waals surface area contributed by atoms with Gasteiger partial charge in [-0.25, -0.2) is 4.39 Å². The predicted molar refractivity (Wildman–Crippen MR) is 67.4 cm³/mol. The first-order chi connectivity index (χ1) is 8.12. The molecule has 1 aromatic rings. The molecule has 17 heavy (non-hydrogen) atoms. The Labute approximate surface area is 102 Å². The van der Waals surface area contributed by atoms with Crippen LogP contribution in [0.15, 0.2) is 18.2 Å². The molecule has 4 N–H and O–H groups in total. The minimum absolute atomic E-state index is 0.245. The summed E-state index contributed by atoms with van der Waals surface area (Å²) in [4.78, 5) is 0. The lowest BCUT2D eigenvalue weighted by molar-refractivity contribution is 0.359. The van der Waals surface area contributed by atoms with Crippen LogP contribution in [0.4, 0.5) is 4.39 Å². The van der Waals surface area contributed by atoms with Gasteiger partial charge >= 0.3 is 0 Å². The first-order valence-corrected chi connectivity index (χ1v) is 5.84. The smallest absolute Gasteiger partial charge is 0.123 e. The average molecular weight is 240 g/mol. The van der Waals surface area contributed by atoms with Crippen molar-refractivity contribution < 1.29 is 9.13 Å². The number of hydrogen-bond acceptors (Lipinski definition) is 3. The highest BCUT2D eigenvalue weighted by Gasteiger charge is 2.17. The maximum absolute atomic E-state index is 13.2. The average Bonchev–Trinajstić information content (AvgIpc) is 2.31. The van der Waals surface area contributed by atoms with E-state index in [1.54, 1.807) is 13.2 Å². The lowest BCUT2D eigenvalue weighted by Crippen LogP contribution is -2.30. The van der Waals surface area contributed by atoms with Gasteiger partial charge in [-0.2, -0.15) is 0 Å². The summed E-state index contributed by atoms with van der Waals surface area (Å²) in [5.41, 5.74) is 12.2. The highest BCUT2D eigenvalue weighted by atomic mass is 19.1. The van der Waals surface area contributed by atoms with Crippen LogP contribution in [0.2, 0.25) is 0 Å². The van der Waals surface area contributed by atoms with Crippen LogP contribution >= 0.6 is 0 Å². The SMILES string of the molecule is COc1ccc(F)cc1CC(C)C(CN)CN. The first kappa shape index (κ1) is 13.9. The summed E-state index contributed by atoms with van der Waals surface area (Å²) in [7, 11) is 1.59. The minimum atomic E-state index is -0.245. The van der Waals surface area contributed by atoms with Gasteiger partial charge in [0.1, 0.15) is 11.6 Å². The highest BCUT2D eigenvalue weighted by molar-refractivity contribution is 5.34. The van der Waals surface area contributed by atoms with Crippen LogP contribution in [-0.2, 0) is 6.42 Å². The highest BCUT2D eigenvalue weighted by Crippen LogP contribution is 2.24. The van der Waals surface area contributed by atoms with E-state index < -0.39 is 0 Å². The lowest BCUT2D eigenvalue weighted by Gasteiger charge is -2.21. The molecule has 0 heterocycles. The fourth-order valence-electron chi connectivity index (χ4n) is 1.98. The molecule has 0 radical (unpaired) electrons. The third kappa shape index (κ3) is 3.68. The molecule has 0 aliphatic carbocycles. The number of methoxy groups -OCH3 is 1. The Morgan fingerprint density at radius 1 is 1.29 bits per heavy atom. The Morgan fingerprint density at radius 3 is 2.47 bits per heavy atom. The standard InChI is InChI=1S/C13H21FN2O/c1-9(11(7-15)8-16)5-10-6-12(14)3-4-13(10)17-2/h3-4,6,9,11H,5,7-8,15-16H2,1-2H3. The number of rotatable bonds is 6. The number of benzene rings is 1. The molecule has 0 fully saturated rings. The summed E-state index contributed by atoms with van der Waals surface area (Å²) < 4.78 is 18.4. The van der Waals surface area contributed by atoms with Gasteiger partial charge in [-0.15, -0.1) is 0 Å². The van der Waals surface area contributed by atoms with Gasteiger partial charge in [-0.05, 0) is 55.1 Å². The molecule has 0 bridgehead atoms. The van der Waals surface area contributed by atoms with Crippen LogP contribution in [0.3, 0.4) is 0 Å². The van der Waals surface area contributed by atoms with Crippen LogP contribution in [-0.4, -0.2) is 20.2 Å². The van der Waals surface area contributed by atoms with Gasteiger partial charge in [-0.3, -0.25) is 0 Å². The summed E-state index contributed by atoms with van der Waals surface area (Å²) in [6, 6.07) is 4.56. The molecule has 0 spiro atoms. The Bertz CT molecular complexity index is 353. The van der Waals surface area contributed by atoms with E-state index in [1.807, 2.05) is 0 Å². The van der Waals surface area contributed by atoms with Crippen molar-refractivity contribution >= 4 is 0 Å². The largest absolute Gasteiger partial charge is 0.496 e. The van der Waals surface area contributed by atoms with E-state index in [1.165, 1.54) is 12.1 Å². The second kappa shape index (κ2) is 6.57. The Kier molecular flexibility index (Phi) is 5.38. The maximum Gasteiger partial charge on any atom is 0.123 e. The fourth-order valence-corrected chi connectivity index (χ4v) is 1.98. The first-order valence-electron chi connectivity index (χ1n) is 5.84. The molecule has 0 aliphatic rings. The molecule has 1 atom stereocenters. The monoisotopic (exact) mass is 240 g/mol. The summed E-state index contributed by atoms with van der Waals surface area (Å²) >= 11 is 0. The van der Waals surface area contributed by atoms with Crippen molar-refractivity contribution in [3.05, 3.63) is 29.6 Å². The molecule has 1 rings (SSSR count). The number of nitrogens with two attached hydrogens (primary N) is 2. The van der Waals surface area contributed by atoms with Gasteiger partial charge in [0.25, 0.3) is 0 Å². The molecular weight excluding hydrogens is 219 g/mol. The van der Waals surface area contributed by atoms with E-state index in [0.717, 1.165) is 12.0 Å². The number of hydrogen-bond donors (Lipinski definition) is 2. The van der Waals surface area contributed by atoms with E-state index >= 15 is 0 Å². The quantitative estimate of drug-likeness (QED) is 0.793. The molecule has 1 aromatic carbocycles. The second-order valence-electron chi connectivity index (χ2n) is 4.37. The lowest BCUT2D eigenvalue weighted by atomic mass is 9.88. The number of ether oxygens (including phenoxy) is 1. The second-order valence-corrected chi connectivity index (χ2v) is 4.37. The third-order valence-electron chi connectivity index (χ3n) is 3.19. The van der Waals surface area contributed by atoms with Gasteiger partial charge in [0.15, 0.2) is 0 Å². The van der Waals surface area contributed by atoms with Crippen LogP contribution < -0.4 is 16.2 Å². The van der Waals surface area contributed by atoms with Crippen molar-refractivity contribution in [1.82, 2.24) is 0 Å². The van der Waals surface area contributed by atoms with Crippen LogP contribution in [0.25, 0.3) is 0 Å². The molecule has 4 heteroatoms. The van der Waals surface area contributed by atoms with E-state index in [9.17, 15) is 4.39 Å². The summed E-state index contributed by atoms with van der Waals surface area (Å²) in [6.07, 6.45) is 0.722. The fraction of sp³-hybridized carbons (Fsp3) is 0.538. The molecule has 96 valence electrons.